The molecule has 0 radical (unpaired) electrons. The molecule has 31 heavy (non-hydrogen) atoms. The lowest BCUT2D eigenvalue weighted by Gasteiger charge is -2.09. The highest BCUT2D eigenvalue weighted by molar-refractivity contribution is 5.91. The van der Waals surface area contributed by atoms with Gasteiger partial charge in [-0.1, -0.05) is 54.6 Å². The van der Waals surface area contributed by atoms with Gasteiger partial charge in [0.05, 0.1) is 19.9 Å². The lowest BCUT2D eigenvalue weighted by Crippen LogP contribution is -2.24. The lowest BCUT2D eigenvalue weighted by atomic mass is 10.2. The van der Waals surface area contributed by atoms with Crippen molar-refractivity contribution < 1.29 is 14.3 Å². The Morgan fingerprint density at radius 2 is 1.58 bits per heavy atom. The number of benzene rings is 3. The number of hydrogen-bond acceptors (Lipinski definition) is 5. The fraction of sp³-hybridized carbons (Fsp3) is 0.125. The molecule has 0 fully saturated rings. The van der Waals surface area contributed by atoms with Crippen LogP contribution in [0.4, 0.5) is 0 Å². The van der Waals surface area contributed by atoms with E-state index in [0.29, 0.717) is 23.9 Å². The topological polar surface area (TPSA) is 78.3 Å². The number of para-hydroxylation sites is 1. The van der Waals surface area contributed by atoms with Gasteiger partial charge < -0.3 is 14.8 Å². The maximum atomic E-state index is 12.8. The van der Waals surface area contributed by atoms with Crippen LogP contribution in [0.15, 0.2) is 78.9 Å². The standard InChI is InChI=1S/C24H22N4O3/c1-30-20-14-13-17(15-21(20)31-2)16-25-24(29)22-26-23(18-9-5-3-6-10-18)28(27-22)19-11-7-4-8-12-19/h3-15H,16H2,1-2H3,(H,25,29). The average Bonchev–Trinajstić information content (AvgIpc) is 3.29. The van der Waals surface area contributed by atoms with E-state index in [1.165, 1.54) is 0 Å². The number of nitrogens with one attached hydrogen (secondary N) is 1. The predicted octanol–water partition coefficient (Wildman–Crippen LogP) is 3.88. The highest BCUT2D eigenvalue weighted by atomic mass is 16.5. The van der Waals surface area contributed by atoms with Gasteiger partial charge in [0.1, 0.15) is 0 Å². The quantitative estimate of drug-likeness (QED) is 0.497. The Bertz CT molecular complexity index is 1120. The van der Waals surface area contributed by atoms with Crippen molar-refractivity contribution in [3.63, 3.8) is 0 Å². The molecular formula is C24H22N4O3. The summed E-state index contributed by atoms with van der Waals surface area (Å²) in [6, 6.07) is 24.8. The number of carbonyl (C=O) groups excluding carboxylic acids is 1. The molecule has 0 unspecified atom stereocenters. The third kappa shape index (κ3) is 4.40. The molecule has 0 aliphatic rings. The molecule has 0 spiro atoms. The fourth-order valence-electron chi connectivity index (χ4n) is 3.18. The van der Waals surface area contributed by atoms with Gasteiger partial charge in [-0.15, -0.1) is 5.10 Å². The van der Waals surface area contributed by atoms with Crippen molar-refractivity contribution in [1.29, 1.82) is 0 Å². The summed E-state index contributed by atoms with van der Waals surface area (Å²) in [4.78, 5) is 17.3. The number of ether oxygens (including phenoxy) is 2. The number of rotatable bonds is 7. The summed E-state index contributed by atoms with van der Waals surface area (Å²) < 4.78 is 12.3. The van der Waals surface area contributed by atoms with Crippen molar-refractivity contribution >= 4 is 5.91 Å². The Morgan fingerprint density at radius 3 is 2.26 bits per heavy atom. The van der Waals surface area contributed by atoms with Crippen molar-refractivity contribution in [2.45, 2.75) is 6.54 Å². The Balaban J connectivity index is 1.59. The lowest BCUT2D eigenvalue weighted by molar-refractivity contribution is 0.0940. The summed E-state index contributed by atoms with van der Waals surface area (Å²) in [5.74, 6) is 1.58. The van der Waals surface area contributed by atoms with E-state index in [1.54, 1.807) is 25.0 Å². The second kappa shape index (κ2) is 9.13. The Hall–Kier alpha value is -4.13. The zero-order valence-electron chi connectivity index (χ0n) is 17.3. The van der Waals surface area contributed by atoms with Crippen LogP contribution in [-0.4, -0.2) is 34.9 Å². The summed E-state index contributed by atoms with van der Waals surface area (Å²) in [6.07, 6.45) is 0. The van der Waals surface area contributed by atoms with Crippen LogP contribution in [0.2, 0.25) is 0 Å². The normalized spacial score (nSPS) is 10.5. The van der Waals surface area contributed by atoms with E-state index < -0.39 is 0 Å². The average molecular weight is 414 g/mol. The second-order valence-corrected chi connectivity index (χ2v) is 6.74. The van der Waals surface area contributed by atoms with Crippen molar-refractivity contribution in [2.75, 3.05) is 14.2 Å². The summed E-state index contributed by atoms with van der Waals surface area (Å²) in [7, 11) is 3.16. The molecule has 1 aromatic heterocycles. The number of methoxy groups -OCH3 is 2. The van der Waals surface area contributed by atoms with E-state index in [2.05, 4.69) is 15.4 Å². The Kier molecular flexibility index (Phi) is 5.93. The third-order valence-electron chi connectivity index (χ3n) is 4.74. The van der Waals surface area contributed by atoms with Gasteiger partial charge in [0.25, 0.3) is 5.91 Å². The van der Waals surface area contributed by atoms with Crippen molar-refractivity contribution in [2.24, 2.45) is 0 Å². The van der Waals surface area contributed by atoms with Crippen LogP contribution in [0.5, 0.6) is 11.5 Å². The molecule has 7 heteroatoms. The van der Waals surface area contributed by atoms with Crippen LogP contribution in [0.1, 0.15) is 16.2 Å². The number of nitrogens with zero attached hydrogens (tertiary/aromatic N) is 3. The first-order valence-electron chi connectivity index (χ1n) is 9.76. The zero-order valence-corrected chi connectivity index (χ0v) is 17.3. The molecule has 1 amide bonds. The first-order chi connectivity index (χ1) is 15.2. The number of hydrogen-bond donors (Lipinski definition) is 1. The molecule has 4 rings (SSSR count). The minimum atomic E-state index is -0.360. The van der Waals surface area contributed by atoms with E-state index in [9.17, 15) is 4.79 Å². The molecule has 1 N–H and O–H groups in total. The molecule has 1 heterocycles. The minimum absolute atomic E-state index is 0.100. The molecule has 0 saturated carbocycles. The second-order valence-electron chi connectivity index (χ2n) is 6.74. The Morgan fingerprint density at radius 1 is 0.903 bits per heavy atom. The van der Waals surface area contributed by atoms with Crippen LogP contribution in [-0.2, 0) is 6.54 Å². The minimum Gasteiger partial charge on any atom is -0.493 e. The highest BCUT2D eigenvalue weighted by Gasteiger charge is 2.18. The number of carbonyl (C=O) groups is 1. The zero-order chi connectivity index (χ0) is 21.6. The molecule has 4 aromatic rings. The molecule has 0 saturated heterocycles. The monoisotopic (exact) mass is 414 g/mol. The number of amides is 1. The van der Waals surface area contributed by atoms with E-state index in [4.69, 9.17) is 9.47 Å². The van der Waals surface area contributed by atoms with E-state index in [-0.39, 0.29) is 11.7 Å². The molecular weight excluding hydrogens is 392 g/mol. The SMILES string of the molecule is COc1ccc(CNC(=O)c2nc(-c3ccccc3)n(-c3ccccc3)n2)cc1OC. The van der Waals surface area contributed by atoms with Gasteiger partial charge in [0.2, 0.25) is 5.82 Å². The van der Waals surface area contributed by atoms with Crippen LogP contribution in [0, 0.1) is 0 Å². The van der Waals surface area contributed by atoms with Crippen LogP contribution < -0.4 is 14.8 Å². The van der Waals surface area contributed by atoms with Gasteiger partial charge in [-0.3, -0.25) is 4.79 Å². The van der Waals surface area contributed by atoms with Gasteiger partial charge in [-0.2, -0.15) is 0 Å². The van der Waals surface area contributed by atoms with Gasteiger partial charge in [0, 0.05) is 12.1 Å². The highest BCUT2D eigenvalue weighted by Crippen LogP contribution is 2.27. The van der Waals surface area contributed by atoms with Gasteiger partial charge in [-0.05, 0) is 29.8 Å². The number of aromatic nitrogens is 3. The molecule has 0 atom stereocenters. The van der Waals surface area contributed by atoms with E-state index >= 15 is 0 Å². The Labute approximate surface area is 180 Å². The third-order valence-corrected chi connectivity index (χ3v) is 4.74. The van der Waals surface area contributed by atoms with Crippen molar-refractivity contribution in [1.82, 2.24) is 20.1 Å². The summed E-state index contributed by atoms with van der Waals surface area (Å²) in [6.45, 7) is 0.305. The molecule has 3 aromatic carbocycles. The van der Waals surface area contributed by atoms with Crippen LogP contribution in [0.3, 0.4) is 0 Å². The van der Waals surface area contributed by atoms with Gasteiger partial charge in [-0.25, -0.2) is 9.67 Å². The molecule has 0 bridgehead atoms. The molecule has 7 nitrogen and oxygen atoms in total. The fourth-order valence-corrected chi connectivity index (χ4v) is 3.18. The van der Waals surface area contributed by atoms with Crippen molar-refractivity contribution in [3.8, 4) is 28.6 Å². The summed E-state index contributed by atoms with van der Waals surface area (Å²) in [5, 5.41) is 7.35. The summed E-state index contributed by atoms with van der Waals surface area (Å²) in [5.41, 5.74) is 2.57. The maximum absolute atomic E-state index is 12.8. The smallest absolute Gasteiger partial charge is 0.291 e. The molecule has 0 aliphatic carbocycles. The van der Waals surface area contributed by atoms with Gasteiger partial charge in [0.15, 0.2) is 17.3 Å². The van der Waals surface area contributed by atoms with E-state index in [1.807, 2.05) is 72.8 Å². The summed E-state index contributed by atoms with van der Waals surface area (Å²) >= 11 is 0. The first kappa shape index (κ1) is 20.2. The first-order valence-corrected chi connectivity index (χ1v) is 9.76. The molecule has 0 aliphatic heterocycles. The largest absolute Gasteiger partial charge is 0.493 e. The molecule has 156 valence electrons. The van der Waals surface area contributed by atoms with Gasteiger partial charge >= 0.3 is 0 Å². The van der Waals surface area contributed by atoms with Crippen LogP contribution in [0.25, 0.3) is 17.1 Å². The predicted molar refractivity (Wildman–Crippen MR) is 118 cm³/mol. The van der Waals surface area contributed by atoms with Crippen molar-refractivity contribution in [3.05, 3.63) is 90.3 Å². The van der Waals surface area contributed by atoms with Crippen LogP contribution >= 0.6 is 0 Å². The van der Waals surface area contributed by atoms with E-state index in [0.717, 1.165) is 16.8 Å². The maximum Gasteiger partial charge on any atom is 0.291 e.